The maximum absolute atomic E-state index is 11.7. The minimum atomic E-state index is -0.458. The van der Waals surface area contributed by atoms with E-state index in [4.69, 9.17) is 14.2 Å². The maximum Gasteiger partial charge on any atom is 0.222 e. The predicted molar refractivity (Wildman–Crippen MR) is 75.3 cm³/mol. The van der Waals surface area contributed by atoms with Crippen LogP contribution in [0.25, 0.3) is 0 Å². The summed E-state index contributed by atoms with van der Waals surface area (Å²) in [6.07, 6.45) is 3.92. The molecule has 2 aliphatic heterocycles. The first-order chi connectivity index (χ1) is 9.35. The zero-order valence-electron chi connectivity index (χ0n) is 13.1. The summed E-state index contributed by atoms with van der Waals surface area (Å²) in [5.41, 5.74) is 0. The Kier molecular flexibility index (Phi) is 5.04. The van der Waals surface area contributed by atoms with Crippen molar-refractivity contribution in [1.82, 2.24) is 4.90 Å². The molecule has 0 aromatic carbocycles. The van der Waals surface area contributed by atoms with Gasteiger partial charge in [0, 0.05) is 26.9 Å². The van der Waals surface area contributed by atoms with Crippen LogP contribution in [-0.4, -0.2) is 56.1 Å². The van der Waals surface area contributed by atoms with Crippen molar-refractivity contribution in [2.45, 2.75) is 57.5 Å². The van der Waals surface area contributed by atoms with Gasteiger partial charge in [-0.2, -0.15) is 0 Å². The molecule has 0 bridgehead atoms. The highest BCUT2D eigenvalue weighted by Crippen LogP contribution is 2.29. The number of hydrogen-bond donors (Lipinski definition) is 0. The highest BCUT2D eigenvalue weighted by Gasteiger charge is 2.35. The average molecular weight is 285 g/mol. The van der Waals surface area contributed by atoms with Gasteiger partial charge in [0.25, 0.3) is 0 Å². The van der Waals surface area contributed by atoms with Crippen molar-refractivity contribution in [3.8, 4) is 0 Å². The summed E-state index contributed by atoms with van der Waals surface area (Å²) in [7, 11) is 3.60. The van der Waals surface area contributed by atoms with E-state index in [9.17, 15) is 4.79 Å². The zero-order valence-corrected chi connectivity index (χ0v) is 13.1. The van der Waals surface area contributed by atoms with Crippen LogP contribution in [0.15, 0.2) is 0 Å². The van der Waals surface area contributed by atoms with Crippen LogP contribution in [0.4, 0.5) is 0 Å². The fourth-order valence-electron chi connectivity index (χ4n) is 2.81. The zero-order chi connectivity index (χ0) is 14.8. The molecular formula is C15H27NO4. The van der Waals surface area contributed by atoms with Gasteiger partial charge in [0.05, 0.1) is 25.4 Å². The molecule has 20 heavy (non-hydrogen) atoms. The number of ether oxygens (including phenoxy) is 3. The van der Waals surface area contributed by atoms with Gasteiger partial charge in [0.15, 0.2) is 5.79 Å². The molecule has 116 valence electrons. The van der Waals surface area contributed by atoms with Gasteiger partial charge >= 0.3 is 0 Å². The van der Waals surface area contributed by atoms with Gasteiger partial charge in [-0.05, 0) is 32.6 Å². The third-order valence-corrected chi connectivity index (χ3v) is 4.02. The van der Waals surface area contributed by atoms with Gasteiger partial charge in [-0.25, -0.2) is 0 Å². The quantitative estimate of drug-likeness (QED) is 0.790. The Hall–Kier alpha value is -0.650. The molecule has 0 aromatic heterocycles. The van der Waals surface area contributed by atoms with Crippen molar-refractivity contribution in [3.05, 3.63) is 0 Å². The number of rotatable bonds is 4. The molecule has 0 saturated carbocycles. The monoisotopic (exact) mass is 285 g/mol. The molecule has 5 heteroatoms. The van der Waals surface area contributed by atoms with Crippen LogP contribution in [-0.2, 0) is 19.0 Å². The topological polar surface area (TPSA) is 48.0 Å². The molecule has 0 aromatic rings. The van der Waals surface area contributed by atoms with Gasteiger partial charge in [0.2, 0.25) is 5.91 Å². The molecule has 0 spiro atoms. The Morgan fingerprint density at radius 2 is 1.95 bits per heavy atom. The van der Waals surface area contributed by atoms with E-state index >= 15 is 0 Å². The van der Waals surface area contributed by atoms with Gasteiger partial charge in [-0.1, -0.05) is 0 Å². The lowest BCUT2D eigenvalue weighted by Crippen LogP contribution is -2.33. The van der Waals surface area contributed by atoms with Crippen LogP contribution in [0.2, 0.25) is 0 Å². The maximum atomic E-state index is 11.7. The van der Waals surface area contributed by atoms with Gasteiger partial charge in [-0.15, -0.1) is 0 Å². The summed E-state index contributed by atoms with van der Waals surface area (Å²) in [4.78, 5) is 13.3. The van der Waals surface area contributed by atoms with E-state index < -0.39 is 5.79 Å². The van der Waals surface area contributed by atoms with Crippen molar-refractivity contribution in [2.24, 2.45) is 5.92 Å². The fraction of sp³-hybridized carbons (Fsp3) is 0.933. The molecule has 2 aliphatic rings. The lowest BCUT2D eigenvalue weighted by atomic mass is 9.93. The third-order valence-electron chi connectivity index (χ3n) is 4.02. The Morgan fingerprint density at radius 3 is 2.45 bits per heavy atom. The smallest absolute Gasteiger partial charge is 0.222 e. The van der Waals surface area contributed by atoms with E-state index in [-0.39, 0.29) is 18.1 Å². The Morgan fingerprint density at radius 1 is 1.20 bits per heavy atom. The largest absolute Gasteiger partial charge is 0.378 e. The summed E-state index contributed by atoms with van der Waals surface area (Å²) >= 11 is 0. The fourth-order valence-corrected chi connectivity index (χ4v) is 2.81. The number of amides is 1. The van der Waals surface area contributed by atoms with E-state index in [1.807, 2.05) is 13.8 Å². The first-order valence-corrected chi connectivity index (χ1v) is 7.49. The van der Waals surface area contributed by atoms with E-state index in [2.05, 4.69) is 0 Å². The normalized spacial score (nSPS) is 33.1. The average Bonchev–Trinajstić information content (AvgIpc) is 2.71. The van der Waals surface area contributed by atoms with Crippen molar-refractivity contribution >= 4 is 5.91 Å². The lowest BCUT2D eigenvalue weighted by molar-refractivity contribution is -0.145. The Labute approximate surface area is 121 Å². The van der Waals surface area contributed by atoms with Crippen LogP contribution < -0.4 is 0 Å². The molecule has 2 fully saturated rings. The molecule has 0 N–H and O–H groups in total. The molecule has 0 aliphatic carbocycles. The highest BCUT2D eigenvalue weighted by atomic mass is 16.7. The second-order valence-corrected chi connectivity index (χ2v) is 6.58. The van der Waals surface area contributed by atoms with Gasteiger partial charge < -0.3 is 19.1 Å². The van der Waals surface area contributed by atoms with Crippen LogP contribution in [0.1, 0.15) is 39.5 Å². The molecule has 3 atom stereocenters. The summed E-state index contributed by atoms with van der Waals surface area (Å²) in [5, 5.41) is 0. The van der Waals surface area contributed by atoms with Crippen LogP contribution in [0.3, 0.4) is 0 Å². The minimum absolute atomic E-state index is 0.134. The molecule has 1 amide bonds. The van der Waals surface area contributed by atoms with Crippen molar-refractivity contribution in [3.63, 3.8) is 0 Å². The summed E-state index contributed by atoms with van der Waals surface area (Å²) < 4.78 is 17.3. The Bertz CT molecular complexity index is 335. The molecule has 1 unspecified atom stereocenters. The van der Waals surface area contributed by atoms with E-state index in [0.717, 1.165) is 19.3 Å². The van der Waals surface area contributed by atoms with E-state index in [1.165, 1.54) is 0 Å². The summed E-state index contributed by atoms with van der Waals surface area (Å²) in [5.74, 6) is 0.0876. The van der Waals surface area contributed by atoms with Crippen molar-refractivity contribution < 1.29 is 19.0 Å². The number of carbonyl (C=O) groups is 1. The van der Waals surface area contributed by atoms with E-state index in [0.29, 0.717) is 25.6 Å². The SMILES string of the molecule is CN(C)C(=O)C[C@H]1CC[C@H](CC2COC(C)(C)O2)OC1. The summed E-state index contributed by atoms with van der Waals surface area (Å²) in [6, 6.07) is 0. The molecule has 2 saturated heterocycles. The van der Waals surface area contributed by atoms with Crippen LogP contribution >= 0.6 is 0 Å². The minimum Gasteiger partial charge on any atom is -0.378 e. The first kappa shape index (κ1) is 15.7. The molecular weight excluding hydrogens is 258 g/mol. The standard InChI is InChI=1S/C15H27NO4/c1-15(2)19-10-13(20-15)8-12-6-5-11(9-18-12)7-14(17)16(3)4/h11-13H,5-10H2,1-4H3/t11-,12-,13?/m1/s1. The molecule has 2 rings (SSSR count). The number of carbonyl (C=O) groups excluding carboxylic acids is 1. The second-order valence-electron chi connectivity index (χ2n) is 6.58. The van der Waals surface area contributed by atoms with Crippen molar-refractivity contribution in [2.75, 3.05) is 27.3 Å². The van der Waals surface area contributed by atoms with Crippen molar-refractivity contribution in [1.29, 1.82) is 0 Å². The Balaban J connectivity index is 1.68. The predicted octanol–water partition coefficient (Wildman–Crippen LogP) is 1.80. The second kappa shape index (κ2) is 6.41. The van der Waals surface area contributed by atoms with Gasteiger partial charge in [0.1, 0.15) is 0 Å². The highest BCUT2D eigenvalue weighted by molar-refractivity contribution is 5.75. The first-order valence-electron chi connectivity index (χ1n) is 7.49. The number of nitrogens with zero attached hydrogens (tertiary/aromatic N) is 1. The third kappa shape index (κ3) is 4.43. The number of hydrogen-bond acceptors (Lipinski definition) is 4. The van der Waals surface area contributed by atoms with Crippen LogP contribution in [0, 0.1) is 5.92 Å². The van der Waals surface area contributed by atoms with Gasteiger partial charge in [-0.3, -0.25) is 4.79 Å². The lowest BCUT2D eigenvalue weighted by Gasteiger charge is -2.30. The molecule has 5 nitrogen and oxygen atoms in total. The molecule has 0 radical (unpaired) electrons. The van der Waals surface area contributed by atoms with Crippen LogP contribution in [0.5, 0.6) is 0 Å². The van der Waals surface area contributed by atoms with E-state index in [1.54, 1.807) is 19.0 Å². The summed E-state index contributed by atoms with van der Waals surface area (Å²) in [6.45, 7) is 5.21. The molecule has 2 heterocycles.